The van der Waals surface area contributed by atoms with E-state index in [0.717, 1.165) is 25.1 Å². The van der Waals surface area contributed by atoms with Gasteiger partial charge < -0.3 is 10.5 Å². The Balaban J connectivity index is 2.25. The molecule has 0 heterocycles. The van der Waals surface area contributed by atoms with Crippen molar-refractivity contribution in [3.8, 4) is 11.5 Å². The van der Waals surface area contributed by atoms with Crippen molar-refractivity contribution >= 4 is 38.5 Å². The van der Waals surface area contributed by atoms with E-state index < -0.39 is 0 Å². The van der Waals surface area contributed by atoms with E-state index in [4.69, 9.17) is 10.5 Å². The number of ether oxygens (including phenoxy) is 1. The predicted molar refractivity (Wildman–Crippen MR) is 81.3 cm³/mol. The Kier molecular flexibility index (Phi) is 4.42. The molecule has 0 saturated carbocycles. The fourth-order valence-corrected chi connectivity index (χ4v) is 2.43. The Hall–Kier alpha value is -0.590. The van der Waals surface area contributed by atoms with E-state index in [-0.39, 0.29) is 0 Å². The minimum absolute atomic E-state index is 0.518. The highest BCUT2D eigenvalue weighted by atomic mass is 127. The Morgan fingerprint density at radius 3 is 2.59 bits per heavy atom. The molecule has 0 aliphatic rings. The van der Waals surface area contributed by atoms with E-state index in [9.17, 15) is 0 Å². The number of para-hydroxylation sites is 1. The summed E-state index contributed by atoms with van der Waals surface area (Å²) in [7, 11) is 0. The number of hydrogen-bond donors (Lipinski definition) is 1. The summed E-state index contributed by atoms with van der Waals surface area (Å²) in [6.45, 7) is 0.518. The summed E-state index contributed by atoms with van der Waals surface area (Å²) in [6.07, 6.45) is 0. The average molecular weight is 404 g/mol. The first kappa shape index (κ1) is 12.9. The van der Waals surface area contributed by atoms with Crippen molar-refractivity contribution in [3.05, 3.63) is 56.1 Å². The van der Waals surface area contributed by atoms with Crippen LogP contribution < -0.4 is 10.5 Å². The highest BCUT2D eigenvalue weighted by Gasteiger charge is 2.04. The van der Waals surface area contributed by atoms with Crippen molar-refractivity contribution in [2.45, 2.75) is 6.54 Å². The Labute approximate surface area is 122 Å². The van der Waals surface area contributed by atoms with Crippen molar-refractivity contribution in [2.24, 2.45) is 5.73 Å². The minimum atomic E-state index is 0.518. The fraction of sp³-hybridized carbons (Fsp3) is 0.0769. The summed E-state index contributed by atoms with van der Waals surface area (Å²) in [5, 5.41) is 0. The van der Waals surface area contributed by atoms with Gasteiger partial charge in [-0.25, -0.2) is 0 Å². The van der Waals surface area contributed by atoms with E-state index in [1.807, 2.05) is 42.5 Å². The summed E-state index contributed by atoms with van der Waals surface area (Å²) in [4.78, 5) is 0. The van der Waals surface area contributed by atoms with Gasteiger partial charge in [0, 0.05) is 11.0 Å². The lowest BCUT2D eigenvalue weighted by Crippen LogP contribution is -1.97. The van der Waals surface area contributed by atoms with E-state index in [0.29, 0.717) is 6.54 Å². The average Bonchev–Trinajstić information content (AvgIpc) is 2.32. The third kappa shape index (κ3) is 3.20. The van der Waals surface area contributed by atoms with Gasteiger partial charge in [-0.1, -0.05) is 34.1 Å². The van der Waals surface area contributed by atoms with E-state index in [1.54, 1.807) is 0 Å². The number of halogens is 2. The zero-order chi connectivity index (χ0) is 12.3. The molecule has 2 nitrogen and oxygen atoms in total. The number of benzene rings is 2. The second-order valence-electron chi connectivity index (χ2n) is 3.49. The Morgan fingerprint density at radius 2 is 1.94 bits per heavy atom. The molecule has 0 fully saturated rings. The van der Waals surface area contributed by atoms with Gasteiger partial charge in [-0.2, -0.15) is 0 Å². The van der Waals surface area contributed by atoms with Crippen LogP contribution in [0.1, 0.15) is 5.56 Å². The van der Waals surface area contributed by atoms with Crippen LogP contribution in [0, 0.1) is 3.57 Å². The topological polar surface area (TPSA) is 35.2 Å². The third-order valence-corrected chi connectivity index (χ3v) is 3.94. The zero-order valence-corrected chi connectivity index (χ0v) is 12.7. The molecule has 2 aromatic rings. The SMILES string of the molecule is NCc1ccc(Oc2ccccc2I)cc1Br. The predicted octanol–water partition coefficient (Wildman–Crippen LogP) is 4.30. The van der Waals surface area contributed by atoms with Crippen LogP contribution in [0.2, 0.25) is 0 Å². The molecule has 0 aromatic heterocycles. The molecule has 0 atom stereocenters. The minimum Gasteiger partial charge on any atom is -0.456 e. The molecule has 2 N–H and O–H groups in total. The first-order valence-corrected chi connectivity index (χ1v) is 6.99. The molecule has 2 aromatic carbocycles. The second kappa shape index (κ2) is 5.84. The zero-order valence-electron chi connectivity index (χ0n) is 8.99. The van der Waals surface area contributed by atoms with Gasteiger partial charge in [0.1, 0.15) is 11.5 Å². The number of nitrogens with two attached hydrogens (primary N) is 1. The molecule has 88 valence electrons. The van der Waals surface area contributed by atoms with Crippen molar-refractivity contribution in [2.75, 3.05) is 0 Å². The maximum Gasteiger partial charge on any atom is 0.140 e. The van der Waals surface area contributed by atoms with Gasteiger partial charge in [-0.05, 0) is 52.4 Å². The van der Waals surface area contributed by atoms with Gasteiger partial charge >= 0.3 is 0 Å². The van der Waals surface area contributed by atoms with Crippen molar-refractivity contribution in [1.82, 2.24) is 0 Å². The molecule has 0 spiro atoms. The lowest BCUT2D eigenvalue weighted by molar-refractivity contribution is 0.478. The molecule has 17 heavy (non-hydrogen) atoms. The molecule has 0 radical (unpaired) electrons. The molecular formula is C13H11BrINO. The first-order chi connectivity index (χ1) is 8.20. The van der Waals surface area contributed by atoms with Crippen molar-refractivity contribution < 1.29 is 4.74 Å². The summed E-state index contributed by atoms with van der Waals surface area (Å²) in [5.41, 5.74) is 6.67. The highest BCUT2D eigenvalue weighted by molar-refractivity contribution is 14.1. The van der Waals surface area contributed by atoms with Gasteiger partial charge in [-0.15, -0.1) is 0 Å². The third-order valence-electron chi connectivity index (χ3n) is 2.31. The van der Waals surface area contributed by atoms with Crippen LogP contribution in [0.4, 0.5) is 0 Å². The molecule has 0 amide bonds. The normalized spacial score (nSPS) is 10.3. The molecule has 0 saturated heterocycles. The van der Waals surface area contributed by atoms with Crippen molar-refractivity contribution in [1.29, 1.82) is 0 Å². The smallest absolute Gasteiger partial charge is 0.140 e. The van der Waals surface area contributed by atoms with E-state index >= 15 is 0 Å². The van der Waals surface area contributed by atoms with Crippen LogP contribution in [0.5, 0.6) is 11.5 Å². The van der Waals surface area contributed by atoms with Crippen LogP contribution in [0.15, 0.2) is 46.9 Å². The first-order valence-electron chi connectivity index (χ1n) is 5.11. The highest BCUT2D eigenvalue weighted by Crippen LogP contribution is 2.29. The maximum absolute atomic E-state index is 5.81. The maximum atomic E-state index is 5.81. The van der Waals surface area contributed by atoms with Gasteiger partial charge in [0.2, 0.25) is 0 Å². The fourth-order valence-electron chi connectivity index (χ4n) is 1.41. The molecule has 0 aliphatic carbocycles. The Morgan fingerprint density at radius 1 is 1.18 bits per heavy atom. The van der Waals surface area contributed by atoms with Gasteiger partial charge in [0.05, 0.1) is 3.57 Å². The van der Waals surface area contributed by atoms with Crippen LogP contribution >= 0.6 is 38.5 Å². The van der Waals surface area contributed by atoms with Crippen LogP contribution in [0.3, 0.4) is 0 Å². The van der Waals surface area contributed by atoms with Crippen LogP contribution in [-0.2, 0) is 6.54 Å². The quantitative estimate of drug-likeness (QED) is 0.775. The molecular weight excluding hydrogens is 393 g/mol. The van der Waals surface area contributed by atoms with Gasteiger partial charge in [0.25, 0.3) is 0 Å². The van der Waals surface area contributed by atoms with Crippen LogP contribution in [-0.4, -0.2) is 0 Å². The molecule has 0 aliphatic heterocycles. The molecule has 0 unspecified atom stereocenters. The molecule has 4 heteroatoms. The molecule has 0 bridgehead atoms. The summed E-state index contributed by atoms with van der Waals surface area (Å²) < 4.78 is 7.87. The van der Waals surface area contributed by atoms with Crippen molar-refractivity contribution in [3.63, 3.8) is 0 Å². The van der Waals surface area contributed by atoms with E-state index in [1.165, 1.54) is 0 Å². The lowest BCUT2D eigenvalue weighted by atomic mass is 10.2. The standard InChI is InChI=1S/C13H11BrINO/c14-11-7-10(6-5-9(11)8-16)17-13-4-2-1-3-12(13)15/h1-7H,8,16H2. The number of rotatable bonds is 3. The van der Waals surface area contributed by atoms with Gasteiger partial charge in [-0.3, -0.25) is 0 Å². The monoisotopic (exact) mass is 403 g/mol. The number of hydrogen-bond acceptors (Lipinski definition) is 2. The van der Waals surface area contributed by atoms with Gasteiger partial charge in [0.15, 0.2) is 0 Å². The van der Waals surface area contributed by atoms with E-state index in [2.05, 4.69) is 38.5 Å². The summed E-state index contributed by atoms with van der Waals surface area (Å²) in [6, 6.07) is 13.7. The molecule has 2 rings (SSSR count). The van der Waals surface area contributed by atoms with Crippen LogP contribution in [0.25, 0.3) is 0 Å². The summed E-state index contributed by atoms with van der Waals surface area (Å²) >= 11 is 5.73. The summed E-state index contributed by atoms with van der Waals surface area (Å²) in [5.74, 6) is 1.67. The second-order valence-corrected chi connectivity index (χ2v) is 5.51. The Bertz CT molecular complexity index is 531. The lowest BCUT2D eigenvalue weighted by Gasteiger charge is -2.09. The largest absolute Gasteiger partial charge is 0.456 e.